The standard InChI is InChI=1S/C16H31N/c1-12(2)15-13(3)10-16(4,5)11-14(15)17-8-6-7-9-17/h12-15H,6-11H2,1-5H3/t13?,14?,15-/m0/s1. The molecule has 2 aliphatic rings. The molecule has 0 radical (unpaired) electrons. The number of nitrogens with zero attached hydrogens (tertiary/aromatic N) is 1. The molecular formula is C16H31N. The number of hydrogen-bond donors (Lipinski definition) is 0. The van der Waals surface area contributed by atoms with E-state index in [1.165, 1.54) is 38.8 Å². The highest BCUT2D eigenvalue weighted by Crippen LogP contribution is 2.46. The van der Waals surface area contributed by atoms with Gasteiger partial charge in [-0.3, -0.25) is 0 Å². The summed E-state index contributed by atoms with van der Waals surface area (Å²) in [6, 6.07) is 0.858. The minimum atomic E-state index is 0.554. The first-order chi connectivity index (χ1) is 7.91. The van der Waals surface area contributed by atoms with Crippen LogP contribution >= 0.6 is 0 Å². The van der Waals surface area contributed by atoms with E-state index >= 15 is 0 Å². The van der Waals surface area contributed by atoms with Gasteiger partial charge in [0.05, 0.1) is 0 Å². The zero-order chi connectivity index (χ0) is 12.6. The van der Waals surface area contributed by atoms with Gasteiger partial charge in [-0.05, 0) is 61.9 Å². The average molecular weight is 237 g/mol. The normalized spacial score (nSPS) is 38.8. The van der Waals surface area contributed by atoms with Crippen molar-refractivity contribution in [3.05, 3.63) is 0 Å². The topological polar surface area (TPSA) is 3.24 Å². The molecule has 0 aromatic carbocycles. The fourth-order valence-electron chi connectivity index (χ4n) is 4.72. The van der Waals surface area contributed by atoms with Crippen molar-refractivity contribution in [1.29, 1.82) is 0 Å². The van der Waals surface area contributed by atoms with Crippen molar-refractivity contribution < 1.29 is 0 Å². The summed E-state index contributed by atoms with van der Waals surface area (Å²) in [5, 5.41) is 0. The molecule has 0 amide bonds. The molecule has 2 unspecified atom stereocenters. The van der Waals surface area contributed by atoms with E-state index in [4.69, 9.17) is 0 Å². The summed E-state index contributed by atoms with van der Waals surface area (Å²) in [7, 11) is 0. The Hall–Kier alpha value is -0.0400. The second-order valence-electron chi connectivity index (χ2n) is 7.68. The second kappa shape index (κ2) is 4.91. The SMILES string of the molecule is CC(C)[C@H]1C(C)CC(C)(C)CC1N1CCCC1. The quantitative estimate of drug-likeness (QED) is 0.696. The summed E-state index contributed by atoms with van der Waals surface area (Å²) in [6.45, 7) is 15.0. The van der Waals surface area contributed by atoms with Crippen LogP contribution in [-0.4, -0.2) is 24.0 Å². The molecule has 17 heavy (non-hydrogen) atoms. The van der Waals surface area contributed by atoms with Gasteiger partial charge in [0, 0.05) is 6.04 Å². The molecule has 1 aliphatic carbocycles. The van der Waals surface area contributed by atoms with Gasteiger partial charge in [0.1, 0.15) is 0 Å². The summed E-state index contributed by atoms with van der Waals surface area (Å²) < 4.78 is 0. The lowest BCUT2D eigenvalue weighted by Crippen LogP contribution is -2.50. The minimum Gasteiger partial charge on any atom is -0.300 e. The van der Waals surface area contributed by atoms with E-state index in [0.29, 0.717) is 5.41 Å². The summed E-state index contributed by atoms with van der Waals surface area (Å²) in [5.74, 6) is 2.65. The third kappa shape index (κ3) is 2.86. The van der Waals surface area contributed by atoms with Gasteiger partial charge in [0.25, 0.3) is 0 Å². The van der Waals surface area contributed by atoms with Gasteiger partial charge < -0.3 is 4.90 Å². The first kappa shape index (κ1) is 13.4. The highest BCUT2D eigenvalue weighted by atomic mass is 15.2. The second-order valence-corrected chi connectivity index (χ2v) is 7.68. The number of rotatable bonds is 2. The van der Waals surface area contributed by atoms with Crippen molar-refractivity contribution in [2.75, 3.05) is 13.1 Å². The van der Waals surface area contributed by atoms with Gasteiger partial charge in [-0.25, -0.2) is 0 Å². The number of hydrogen-bond acceptors (Lipinski definition) is 1. The van der Waals surface area contributed by atoms with Crippen molar-refractivity contribution in [3.63, 3.8) is 0 Å². The fraction of sp³-hybridized carbons (Fsp3) is 1.00. The molecule has 1 saturated heterocycles. The van der Waals surface area contributed by atoms with Crippen LogP contribution in [0.15, 0.2) is 0 Å². The Morgan fingerprint density at radius 2 is 1.65 bits per heavy atom. The van der Waals surface area contributed by atoms with Crippen LogP contribution in [0.2, 0.25) is 0 Å². The van der Waals surface area contributed by atoms with Gasteiger partial charge in [-0.15, -0.1) is 0 Å². The molecule has 1 nitrogen and oxygen atoms in total. The Labute approximate surface area is 108 Å². The molecule has 1 heterocycles. The lowest BCUT2D eigenvalue weighted by atomic mass is 9.62. The number of likely N-dealkylation sites (tertiary alicyclic amines) is 1. The maximum atomic E-state index is 2.81. The molecule has 1 aliphatic heterocycles. The molecule has 0 spiro atoms. The first-order valence-electron chi connectivity index (χ1n) is 7.65. The van der Waals surface area contributed by atoms with Crippen LogP contribution in [0, 0.1) is 23.2 Å². The zero-order valence-electron chi connectivity index (χ0n) is 12.5. The molecule has 1 heteroatoms. The summed E-state index contributed by atoms with van der Waals surface area (Å²) >= 11 is 0. The van der Waals surface area contributed by atoms with Crippen molar-refractivity contribution in [1.82, 2.24) is 4.90 Å². The Balaban J connectivity index is 2.16. The third-order valence-electron chi connectivity index (χ3n) is 5.12. The third-order valence-corrected chi connectivity index (χ3v) is 5.12. The van der Waals surface area contributed by atoms with Gasteiger partial charge in [-0.2, -0.15) is 0 Å². The molecule has 3 atom stereocenters. The molecule has 0 aromatic heterocycles. The molecule has 0 bridgehead atoms. The van der Waals surface area contributed by atoms with E-state index in [9.17, 15) is 0 Å². The van der Waals surface area contributed by atoms with Crippen molar-refractivity contribution in [2.45, 2.75) is 66.3 Å². The van der Waals surface area contributed by atoms with Crippen molar-refractivity contribution in [2.24, 2.45) is 23.2 Å². The molecule has 2 rings (SSSR count). The maximum absolute atomic E-state index is 2.81. The van der Waals surface area contributed by atoms with Gasteiger partial charge >= 0.3 is 0 Å². The maximum Gasteiger partial charge on any atom is 0.0134 e. The monoisotopic (exact) mass is 237 g/mol. The first-order valence-corrected chi connectivity index (χ1v) is 7.65. The molecule has 2 fully saturated rings. The highest BCUT2D eigenvalue weighted by molar-refractivity contribution is 4.95. The zero-order valence-corrected chi connectivity index (χ0v) is 12.5. The lowest BCUT2D eigenvalue weighted by molar-refractivity contribution is 0.00242. The van der Waals surface area contributed by atoms with E-state index in [1.54, 1.807) is 0 Å². The van der Waals surface area contributed by atoms with E-state index in [2.05, 4.69) is 39.5 Å². The van der Waals surface area contributed by atoms with E-state index in [0.717, 1.165) is 23.8 Å². The Morgan fingerprint density at radius 3 is 2.18 bits per heavy atom. The van der Waals surface area contributed by atoms with Crippen LogP contribution in [0.5, 0.6) is 0 Å². The van der Waals surface area contributed by atoms with E-state index in [-0.39, 0.29) is 0 Å². The van der Waals surface area contributed by atoms with Gasteiger partial charge in [0.15, 0.2) is 0 Å². The Bertz CT molecular complexity index is 250. The van der Waals surface area contributed by atoms with Crippen molar-refractivity contribution >= 4 is 0 Å². The van der Waals surface area contributed by atoms with E-state index in [1.807, 2.05) is 0 Å². The van der Waals surface area contributed by atoms with Crippen LogP contribution in [-0.2, 0) is 0 Å². The predicted molar refractivity (Wildman–Crippen MR) is 75.1 cm³/mol. The summed E-state index contributed by atoms with van der Waals surface area (Å²) in [4.78, 5) is 2.81. The van der Waals surface area contributed by atoms with Crippen LogP contribution < -0.4 is 0 Å². The molecule has 0 N–H and O–H groups in total. The smallest absolute Gasteiger partial charge is 0.0134 e. The van der Waals surface area contributed by atoms with Crippen molar-refractivity contribution in [3.8, 4) is 0 Å². The average Bonchev–Trinajstić information content (AvgIpc) is 2.65. The molecular weight excluding hydrogens is 206 g/mol. The van der Waals surface area contributed by atoms with Crippen LogP contribution in [0.4, 0.5) is 0 Å². The lowest BCUT2D eigenvalue weighted by Gasteiger charge is -2.50. The minimum absolute atomic E-state index is 0.554. The highest BCUT2D eigenvalue weighted by Gasteiger charge is 2.43. The fourth-order valence-corrected chi connectivity index (χ4v) is 4.72. The predicted octanol–water partition coefficient (Wildman–Crippen LogP) is 4.18. The Morgan fingerprint density at radius 1 is 1.06 bits per heavy atom. The molecule has 1 saturated carbocycles. The molecule has 0 aromatic rings. The van der Waals surface area contributed by atoms with Crippen LogP contribution in [0.1, 0.15) is 60.3 Å². The van der Waals surface area contributed by atoms with Crippen LogP contribution in [0.3, 0.4) is 0 Å². The van der Waals surface area contributed by atoms with Gasteiger partial charge in [-0.1, -0.05) is 34.6 Å². The molecule has 100 valence electrons. The summed E-state index contributed by atoms with van der Waals surface area (Å²) in [6.07, 6.45) is 5.69. The van der Waals surface area contributed by atoms with Gasteiger partial charge in [0.2, 0.25) is 0 Å². The van der Waals surface area contributed by atoms with Crippen LogP contribution in [0.25, 0.3) is 0 Å². The largest absolute Gasteiger partial charge is 0.300 e. The summed E-state index contributed by atoms with van der Waals surface area (Å²) in [5.41, 5.74) is 0.554. The Kier molecular flexibility index (Phi) is 3.87. The van der Waals surface area contributed by atoms with E-state index < -0.39 is 0 Å².